The van der Waals surface area contributed by atoms with Crippen LogP contribution in [0.3, 0.4) is 0 Å². The lowest BCUT2D eigenvalue weighted by Gasteiger charge is -2.24. The molecule has 0 aliphatic carbocycles. The van der Waals surface area contributed by atoms with Crippen molar-refractivity contribution in [2.45, 2.75) is 46.2 Å². The number of benzene rings is 1. The molecule has 1 rings (SSSR count). The number of hydrogen-bond donors (Lipinski definition) is 1. The molecular weight excluding hydrogens is 208 g/mol. The molecule has 0 aliphatic rings. The minimum Gasteiger partial charge on any atom is -0.372 e. The minimum atomic E-state index is 0.438. The van der Waals surface area contributed by atoms with Gasteiger partial charge in [-0.2, -0.15) is 0 Å². The third-order valence-electron chi connectivity index (χ3n) is 3.28. The van der Waals surface area contributed by atoms with E-state index >= 15 is 0 Å². The third-order valence-corrected chi connectivity index (χ3v) is 3.28. The van der Waals surface area contributed by atoms with E-state index in [2.05, 4.69) is 69.2 Å². The van der Waals surface area contributed by atoms with Crippen LogP contribution < -0.4 is 10.2 Å². The van der Waals surface area contributed by atoms with Crippen molar-refractivity contribution in [2.75, 3.05) is 18.5 Å². The summed E-state index contributed by atoms with van der Waals surface area (Å²) in [5.41, 5.74) is 2.64. The van der Waals surface area contributed by atoms with Crippen LogP contribution in [0.5, 0.6) is 0 Å². The molecule has 2 heteroatoms. The van der Waals surface area contributed by atoms with E-state index < -0.39 is 0 Å². The van der Waals surface area contributed by atoms with Gasteiger partial charge in [-0.3, -0.25) is 0 Å². The molecular formula is C15H26N2. The molecule has 0 bridgehead atoms. The Hall–Kier alpha value is -1.02. The number of nitrogens with one attached hydrogen (secondary N) is 1. The smallest absolute Gasteiger partial charge is 0.0366 e. The van der Waals surface area contributed by atoms with E-state index in [0.29, 0.717) is 12.1 Å². The van der Waals surface area contributed by atoms with Gasteiger partial charge in [-0.15, -0.1) is 0 Å². The van der Waals surface area contributed by atoms with Gasteiger partial charge in [0.15, 0.2) is 0 Å². The molecule has 1 N–H and O–H groups in total. The summed E-state index contributed by atoms with van der Waals surface area (Å²) in [5.74, 6) is 0. The predicted molar refractivity (Wildman–Crippen MR) is 76.7 cm³/mol. The monoisotopic (exact) mass is 234 g/mol. The first kappa shape index (κ1) is 14.0. The molecule has 96 valence electrons. The fourth-order valence-electron chi connectivity index (χ4n) is 1.77. The maximum Gasteiger partial charge on any atom is 0.0366 e. The van der Waals surface area contributed by atoms with E-state index in [1.54, 1.807) is 0 Å². The second-order valence-electron chi connectivity index (χ2n) is 4.97. The Kier molecular flexibility index (Phi) is 5.49. The van der Waals surface area contributed by atoms with Crippen LogP contribution in [0.1, 0.15) is 45.7 Å². The Bertz CT molecular complexity index is 316. The quantitative estimate of drug-likeness (QED) is 0.809. The van der Waals surface area contributed by atoms with Gasteiger partial charge in [-0.25, -0.2) is 0 Å². The van der Waals surface area contributed by atoms with Crippen molar-refractivity contribution >= 4 is 5.69 Å². The maximum atomic E-state index is 3.51. The molecule has 1 aromatic rings. The van der Waals surface area contributed by atoms with Gasteiger partial charge in [-0.05, 0) is 51.4 Å². The first-order valence-electron chi connectivity index (χ1n) is 6.62. The van der Waals surface area contributed by atoms with Gasteiger partial charge >= 0.3 is 0 Å². The second-order valence-corrected chi connectivity index (χ2v) is 4.97. The Morgan fingerprint density at radius 1 is 1.12 bits per heavy atom. The van der Waals surface area contributed by atoms with Crippen molar-refractivity contribution < 1.29 is 0 Å². The van der Waals surface area contributed by atoms with E-state index in [9.17, 15) is 0 Å². The van der Waals surface area contributed by atoms with Crippen molar-refractivity contribution in [1.82, 2.24) is 5.32 Å². The van der Waals surface area contributed by atoms with Crippen LogP contribution in [0.4, 0.5) is 5.69 Å². The number of nitrogens with zero attached hydrogens (tertiary/aromatic N) is 1. The summed E-state index contributed by atoms with van der Waals surface area (Å²) in [4.78, 5) is 2.29. The average molecular weight is 234 g/mol. The van der Waals surface area contributed by atoms with Crippen LogP contribution in [0.15, 0.2) is 24.3 Å². The Morgan fingerprint density at radius 3 is 2.18 bits per heavy atom. The van der Waals surface area contributed by atoms with E-state index in [0.717, 1.165) is 6.54 Å². The molecule has 0 radical (unpaired) electrons. The van der Waals surface area contributed by atoms with Crippen LogP contribution in [-0.2, 0) is 0 Å². The summed E-state index contributed by atoms with van der Waals surface area (Å²) in [6.45, 7) is 9.91. The summed E-state index contributed by atoms with van der Waals surface area (Å²) in [6.07, 6.45) is 1.18. The molecule has 0 amide bonds. The lowest BCUT2D eigenvalue weighted by molar-refractivity contribution is 0.570. The molecule has 0 saturated heterocycles. The molecule has 1 unspecified atom stereocenters. The largest absolute Gasteiger partial charge is 0.372 e. The highest BCUT2D eigenvalue weighted by Crippen LogP contribution is 2.19. The van der Waals surface area contributed by atoms with E-state index in [4.69, 9.17) is 0 Å². The van der Waals surface area contributed by atoms with Gasteiger partial charge in [0, 0.05) is 24.8 Å². The second kappa shape index (κ2) is 6.65. The third kappa shape index (κ3) is 4.04. The van der Waals surface area contributed by atoms with Gasteiger partial charge in [0.2, 0.25) is 0 Å². The molecule has 1 aromatic carbocycles. The summed E-state index contributed by atoms with van der Waals surface area (Å²) >= 11 is 0. The van der Waals surface area contributed by atoms with Crippen molar-refractivity contribution in [3.05, 3.63) is 29.8 Å². The molecule has 17 heavy (non-hydrogen) atoms. The lowest BCUT2D eigenvalue weighted by Crippen LogP contribution is -2.25. The Labute approximate surface area is 106 Å². The van der Waals surface area contributed by atoms with Gasteiger partial charge in [-0.1, -0.05) is 19.1 Å². The van der Waals surface area contributed by atoms with Gasteiger partial charge in [0.25, 0.3) is 0 Å². The Balaban J connectivity index is 2.67. The summed E-state index contributed by atoms with van der Waals surface area (Å²) in [7, 11) is 2.14. The normalized spacial score (nSPS) is 12.8. The highest BCUT2D eigenvalue weighted by molar-refractivity contribution is 5.47. The summed E-state index contributed by atoms with van der Waals surface area (Å²) in [6, 6.07) is 9.84. The molecule has 0 aliphatic heterocycles. The number of anilines is 1. The summed E-state index contributed by atoms with van der Waals surface area (Å²) < 4.78 is 0. The summed E-state index contributed by atoms with van der Waals surface area (Å²) in [5, 5.41) is 3.51. The Morgan fingerprint density at radius 2 is 1.71 bits per heavy atom. The van der Waals surface area contributed by atoms with Gasteiger partial charge in [0.1, 0.15) is 0 Å². The molecule has 0 fully saturated rings. The van der Waals surface area contributed by atoms with Crippen molar-refractivity contribution in [3.63, 3.8) is 0 Å². The van der Waals surface area contributed by atoms with Crippen molar-refractivity contribution in [3.8, 4) is 0 Å². The van der Waals surface area contributed by atoms with Crippen molar-refractivity contribution in [2.24, 2.45) is 0 Å². The minimum absolute atomic E-state index is 0.438. The van der Waals surface area contributed by atoms with E-state index in [-0.39, 0.29) is 0 Å². The van der Waals surface area contributed by atoms with Crippen molar-refractivity contribution in [1.29, 1.82) is 0 Å². The van der Waals surface area contributed by atoms with Crippen LogP contribution in [0, 0.1) is 0 Å². The van der Waals surface area contributed by atoms with Crippen LogP contribution in [0.25, 0.3) is 0 Å². The van der Waals surface area contributed by atoms with Crippen LogP contribution in [0.2, 0.25) is 0 Å². The zero-order chi connectivity index (χ0) is 12.8. The van der Waals surface area contributed by atoms with Crippen LogP contribution >= 0.6 is 0 Å². The number of hydrogen-bond acceptors (Lipinski definition) is 2. The lowest BCUT2D eigenvalue weighted by atomic mass is 10.1. The van der Waals surface area contributed by atoms with Gasteiger partial charge < -0.3 is 10.2 Å². The maximum absolute atomic E-state index is 3.51. The standard InChI is InChI=1S/C15H26N2/c1-6-11-16-13(4)14-7-9-15(10-8-14)17(5)12(2)3/h7-10,12-13,16H,6,11H2,1-5H3. The topological polar surface area (TPSA) is 15.3 Å². The SMILES string of the molecule is CCCNC(C)c1ccc(N(C)C(C)C)cc1. The molecule has 0 saturated carbocycles. The highest BCUT2D eigenvalue weighted by Gasteiger charge is 2.07. The molecule has 1 atom stereocenters. The zero-order valence-corrected chi connectivity index (χ0v) is 11.8. The average Bonchev–Trinajstić information content (AvgIpc) is 2.35. The molecule has 2 nitrogen and oxygen atoms in total. The fourth-order valence-corrected chi connectivity index (χ4v) is 1.77. The first-order valence-corrected chi connectivity index (χ1v) is 6.62. The fraction of sp³-hybridized carbons (Fsp3) is 0.600. The highest BCUT2D eigenvalue weighted by atomic mass is 15.1. The molecule has 0 spiro atoms. The molecule has 0 heterocycles. The first-order chi connectivity index (χ1) is 8.06. The zero-order valence-electron chi connectivity index (χ0n) is 11.8. The van der Waals surface area contributed by atoms with Crippen LogP contribution in [-0.4, -0.2) is 19.6 Å². The number of rotatable bonds is 6. The molecule has 0 aromatic heterocycles. The van der Waals surface area contributed by atoms with Gasteiger partial charge in [0.05, 0.1) is 0 Å². The predicted octanol–water partition coefficient (Wildman–Crippen LogP) is 3.59. The van der Waals surface area contributed by atoms with E-state index in [1.165, 1.54) is 17.7 Å². The van der Waals surface area contributed by atoms with E-state index in [1.807, 2.05) is 0 Å².